The van der Waals surface area contributed by atoms with Gasteiger partial charge in [-0.25, -0.2) is 4.79 Å². The molecule has 0 heterocycles. The van der Waals surface area contributed by atoms with Gasteiger partial charge in [-0.05, 0) is 37.5 Å². The second kappa shape index (κ2) is 8.15. The number of ether oxygens (including phenoxy) is 1. The van der Waals surface area contributed by atoms with Gasteiger partial charge >= 0.3 is 5.97 Å². The van der Waals surface area contributed by atoms with Crippen LogP contribution < -0.4 is 11.1 Å². The number of hydrogen-bond donors (Lipinski definition) is 2. The zero-order chi connectivity index (χ0) is 17.5. The normalized spacial score (nSPS) is 11.6. The number of nitrogen functional groups attached to an aromatic ring is 1. The van der Waals surface area contributed by atoms with Crippen LogP contribution in [-0.2, 0) is 16.0 Å². The van der Waals surface area contributed by atoms with E-state index in [4.69, 9.17) is 10.5 Å². The number of benzene rings is 2. The van der Waals surface area contributed by atoms with Crippen LogP contribution in [0.4, 0.5) is 5.69 Å². The van der Waals surface area contributed by atoms with Crippen molar-refractivity contribution in [2.75, 3.05) is 12.3 Å². The molecule has 24 heavy (non-hydrogen) atoms. The summed E-state index contributed by atoms with van der Waals surface area (Å²) in [5.74, 6) is -0.924. The quantitative estimate of drug-likeness (QED) is 0.631. The molecule has 3 N–H and O–H groups in total. The van der Waals surface area contributed by atoms with E-state index in [9.17, 15) is 9.59 Å². The van der Waals surface area contributed by atoms with Crippen LogP contribution in [0.1, 0.15) is 28.4 Å². The highest BCUT2D eigenvalue weighted by molar-refractivity contribution is 5.97. The molecule has 0 saturated carbocycles. The molecule has 0 fully saturated rings. The molecule has 0 aromatic heterocycles. The number of esters is 1. The van der Waals surface area contributed by atoms with E-state index in [1.54, 1.807) is 19.1 Å². The van der Waals surface area contributed by atoms with Gasteiger partial charge in [0.15, 0.2) is 6.10 Å². The molecule has 0 aliphatic rings. The topological polar surface area (TPSA) is 81.4 Å². The summed E-state index contributed by atoms with van der Waals surface area (Å²) in [6, 6.07) is 15.0. The molecule has 2 aromatic rings. The molecule has 2 aromatic carbocycles. The Bertz CT molecular complexity index is 714. The van der Waals surface area contributed by atoms with Crippen molar-refractivity contribution in [3.63, 3.8) is 0 Å². The van der Waals surface area contributed by atoms with Gasteiger partial charge in [-0.1, -0.05) is 42.5 Å². The third-order valence-electron chi connectivity index (χ3n) is 3.75. The number of aryl methyl sites for hydroxylation is 1. The van der Waals surface area contributed by atoms with Crippen molar-refractivity contribution in [1.29, 1.82) is 0 Å². The van der Waals surface area contributed by atoms with Gasteiger partial charge in [-0.3, -0.25) is 4.79 Å². The van der Waals surface area contributed by atoms with E-state index in [2.05, 4.69) is 5.32 Å². The van der Waals surface area contributed by atoms with Gasteiger partial charge in [-0.2, -0.15) is 0 Å². The number of rotatable bonds is 6. The lowest BCUT2D eigenvalue weighted by atomic mass is 10.1. The van der Waals surface area contributed by atoms with E-state index in [0.717, 1.165) is 17.5 Å². The van der Waals surface area contributed by atoms with Crippen molar-refractivity contribution >= 4 is 17.6 Å². The van der Waals surface area contributed by atoms with Crippen LogP contribution in [0.15, 0.2) is 48.5 Å². The Kier molecular flexibility index (Phi) is 5.95. The van der Waals surface area contributed by atoms with E-state index in [1.807, 2.05) is 43.3 Å². The van der Waals surface area contributed by atoms with E-state index in [-0.39, 0.29) is 11.5 Å². The highest BCUT2D eigenvalue weighted by atomic mass is 16.5. The SMILES string of the molecule is Cc1cccc(C(=O)O[C@H](C)C(=O)NCCc2ccccc2)c1N. The first kappa shape index (κ1) is 17.5. The van der Waals surface area contributed by atoms with Gasteiger partial charge in [0.1, 0.15) is 0 Å². The number of nitrogens with one attached hydrogen (secondary N) is 1. The molecule has 0 spiro atoms. The van der Waals surface area contributed by atoms with Gasteiger partial charge in [0, 0.05) is 12.2 Å². The van der Waals surface area contributed by atoms with Crippen LogP contribution in [0, 0.1) is 6.92 Å². The summed E-state index contributed by atoms with van der Waals surface area (Å²) in [6.07, 6.45) is -0.161. The maximum atomic E-state index is 12.1. The van der Waals surface area contributed by atoms with Gasteiger partial charge in [0.05, 0.1) is 5.56 Å². The van der Waals surface area contributed by atoms with Crippen LogP contribution in [0.3, 0.4) is 0 Å². The van der Waals surface area contributed by atoms with Crippen molar-refractivity contribution in [2.24, 2.45) is 0 Å². The molecule has 0 aliphatic heterocycles. The smallest absolute Gasteiger partial charge is 0.341 e. The summed E-state index contributed by atoms with van der Waals surface area (Å²) in [5, 5.41) is 2.77. The molecule has 126 valence electrons. The summed E-state index contributed by atoms with van der Waals surface area (Å²) >= 11 is 0. The first-order chi connectivity index (χ1) is 11.5. The van der Waals surface area contributed by atoms with E-state index in [0.29, 0.717) is 12.2 Å². The Balaban J connectivity index is 1.85. The zero-order valence-electron chi connectivity index (χ0n) is 13.9. The molecule has 0 radical (unpaired) electrons. The molecule has 1 atom stereocenters. The lowest BCUT2D eigenvalue weighted by Gasteiger charge is -2.15. The zero-order valence-corrected chi connectivity index (χ0v) is 13.9. The fourth-order valence-electron chi connectivity index (χ4n) is 2.25. The van der Waals surface area contributed by atoms with Crippen molar-refractivity contribution in [2.45, 2.75) is 26.4 Å². The summed E-state index contributed by atoms with van der Waals surface area (Å²) < 4.78 is 5.21. The molecule has 2 rings (SSSR count). The Hall–Kier alpha value is -2.82. The van der Waals surface area contributed by atoms with Crippen LogP contribution in [-0.4, -0.2) is 24.5 Å². The molecular weight excluding hydrogens is 304 g/mol. The van der Waals surface area contributed by atoms with Gasteiger partial charge < -0.3 is 15.8 Å². The first-order valence-corrected chi connectivity index (χ1v) is 7.86. The fraction of sp³-hybridized carbons (Fsp3) is 0.263. The molecule has 0 saturated heterocycles. The second-order valence-corrected chi connectivity index (χ2v) is 5.61. The summed E-state index contributed by atoms with van der Waals surface area (Å²) in [6.45, 7) is 3.84. The maximum absolute atomic E-state index is 12.1. The minimum atomic E-state index is -0.881. The highest BCUT2D eigenvalue weighted by Crippen LogP contribution is 2.18. The molecule has 0 bridgehead atoms. The number of para-hydroxylation sites is 1. The van der Waals surface area contributed by atoms with Gasteiger partial charge in [0.25, 0.3) is 5.91 Å². The molecule has 1 amide bonds. The Morgan fingerprint density at radius 3 is 2.54 bits per heavy atom. The minimum Gasteiger partial charge on any atom is -0.449 e. The van der Waals surface area contributed by atoms with E-state index in [1.165, 1.54) is 0 Å². The molecule has 5 heteroatoms. The average molecular weight is 326 g/mol. The summed E-state index contributed by atoms with van der Waals surface area (Å²) in [5.41, 5.74) is 8.46. The predicted octanol–water partition coefficient (Wildman–Crippen LogP) is 2.48. The Morgan fingerprint density at radius 2 is 1.83 bits per heavy atom. The lowest BCUT2D eigenvalue weighted by Crippen LogP contribution is -2.37. The second-order valence-electron chi connectivity index (χ2n) is 5.61. The molecule has 5 nitrogen and oxygen atoms in total. The van der Waals surface area contributed by atoms with Crippen molar-refractivity contribution in [3.05, 3.63) is 65.2 Å². The minimum absolute atomic E-state index is 0.277. The maximum Gasteiger partial charge on any atom is 0.341 e. The number of hydrogen-bond acceptors (Lipinski definition) is 4. The standard InChI is InChI=1S/C19H22N2O3/c1-13-7-6-10-16(17(13)20)19(23)24-14(2)18(22)21-12-11-15-8-4-3-5-9-15/h3-10,14H,11-12,20H2,1-2H3,(H,21,22)/t14-/m1/s1. The number of anilines is 1. The number of nitrogens with two attached hydrogens (primary N) is 1. The molecule has 0 unspecified atom stereocenters. The van der Waals surface area contributed by atoms with Crippen LogP contribution in [0.2, 0.25) is 0 Å². The highest BCUT2D eigenvalue weighted by Gasteiger charge is 2.20. The number of carbonyl (C=O) groups excluding carboxylic acids is 2. The van der Waals surface area contributed by atoms with Crippen molar-refractivity contribution < 1.29 is 14.3 Å². The fourth-order valence-corrected chi connectivity index (χ4v) is 2.25. The Morgan fingerprint density at radius 1 is 1.12 bits per heavy atom. The van der Waals surface area contributed by atoms with Crippen molar-refractivity contribution in [3.8, 4) is 0 Å². The number of carbonyl (C=O) groups is 2. The van der Waals surface area contributed by atoms with E-state index >= 15 is 0 Å². The molecule has 0 aliphatic carbocycles. The monoisotopic (exact) mass is 326 g/mol. The lowest BCUT2D eigenvalue weighted by molar-refractivity contribution is -0.129. The van der Waals surface area contributed by atoms with Crippen LogP contribution >= 0.6 is 0 Å². The van der Waals surface area contributed by atoms with Gasteiger partial charge in [-0.15, -0.1) is 0 Å². The van der Waals surface area contributed by atoms with Gasteiger partial charge in [0.2, 0.25) is 0 Å². The molecular formula is C19H22N2O3. The van der Waals surface area contributed by atoms with Crippen LogP contribution in [0.25, 0.3) is 0 Å². The Labute approximate surface area is 141 Å². The predicted molar refractivity (Wildman–Crippen MR) is 93.6 cm³/mol. The largest absolute Gasteiger partial charge is 0.449 e. The third kappa shape index (κ3) is 4.59. The van der Waals surface area contributed by atoms with Crippen molar-refractivity contribution in [1.82, 2.24) is 5.32 Å². The van der Waals surface area contributed by atoms with E-state index < -0.39 is 12.1 Å². The van der Waals surface area contributed by atoms with Crippen LogP contribution in [0.5, 0.6) is 0 Å². The summed E-state index contributed by atoms with van der Waals surface area (Å²) in [4.78, 5) is 24.2. The summed E-state index contributed by atoms with van der Waals surface area (Å²) in [7, 11) is 0. The first-order valence-electron chi connectivity index (χ1n) is 7.86. The average Bonchev–Trinajstić information content (AvgIpc) is 2.58. The number of amides is 1. The third-order valence-corrected chi connectivity index (χ3v) is 3.75.